The zero-order valence-corrected chi connectivity index (χ0v) is 23.7. The number of likely N-dealkylation sites (N-methyl/N-ethyl adjacent to an activating group) is 1. The summed E-state index contributed by atoms with van der Waals surface area (Å²) in [6.45, 7) is 8.38. The molecule has 0 saturated carbocycles. The van der Waals surface area contributed by atoms with Gasteiger partial charge in [0.05, 0.1) is 32.2 Å². The van der Waals surface area contributed by atoms with Crippen LogP contribution in [0.15, 0.2) is 46.3 Å². The number of carbonyl (C=O) groups is 2. The number of quaternary nitrogens is 1. The molecule has 0 fully saturated rings. The van der Waals surface area contributed by atoms with Crippen molar-refractivity contribution in [1.29, 1.82) is 0 Å². The second-order valence-electron chi connectivity index (χ2n) is 11.0. The van der Waals surface area contributed by atoms with Crippen molar-refractivity contribution in [3.05, 3.63) is 68.6 Å². The van der Waals surface area contributed by atoms with E-state index in [0.717, 1.165) is 11.1 Å². The maximum atomic E-state index is 13.6. The standard InChI is InChI=1S/C28H35ClN6O3/c1-16(2)19-9-8-10-20(17(3)4)26(19)32-28(38)24(33-34-25(36)15-35(5,6)7)14-23-27(37)31-22-13-18(29)11-12-21(22)30-23/h8-13,16-17H,14-15H2,1-7H3,(H2-,31,32,34,36,37,38)/p+1. The number of aromatic amines is 1. The molecule has 0 radical (unpaired) electrons. The van der Waals surface area contributed by atoms with Crippen LogP contribution in [0.25, 0.3) is 11.0 Å². The summed E-state index contributed by atoms with van der Waals surface area (Å²) in [5, 5.41) is 7.65. The molecule has 3 aromatic rings. The van der Waals surface area contributed by atoms with Crippen molar-refractivity contribution in [1.82, 2.24) is 15.4 Å². The molecule has 9 nitrogen and oxygen atoms in total. The SMILES string of the molecule is CC(C)c1cccc(C(C)C)c1NC(=O)C(Cc1nc2ccc(Cl)cc2[nH]c1=O)=NNC(=O)C[N+](C)(C)C. The van der Waals surface area contributed by atoms with Gasteiger partial charge in [0.25, 0.3) is 17.4 Å². The van der Waals surface area contributed by atoms with Gasteiger partial charge >= 0.3 is 0 Å². The second kappa shape index (κ2) is 11.9. The number of para-hydroxylation sites is 1. The number of carbonyl (C=O) groups excluding carboxylic acids is 2. The molecule has 202 valence electrons. The van der Waals surface area contributed by atoms with Gasteiger partial charge in [0, 0.05) is 17.1 Å². The van der Waals surface area contributed by atoms with Gasteiger partial charge in [-0.15, -0.1) is 0 Å². The van der Waals surface area contributed by atoms with E-state index in [2.05, 4.69) is 53.5 Å². The van der Waals surface area contributed by atoms with E-state index in [0.29, 0.717) is 26.2 Å². The van der Waals surface area contributed by atoms with Gasteiger partial charge in [-0.3, -0.25) is 14.4 Å². The van der Waals surface area contributed by atoms with Crippen molar-refractivity contribution in [2.45, 2.75) is 46.0 Å². The first-order valence-corrected chi connectivity index (χ1v) is 12.9. The average molecular weight is 540 g/mol. The van der Waals surface area contributed by atoms with Crippen molar-refractivity contribution in [3.63, 3.8) is 0 Å². The molecule has 2 amide bonds. The Kier molecular flexibility index (Phi) is 9.06. The number of fused-ring (bicyclic) bond motifs is 1. The molecule has 0 unspecified atom stereocenters. The lowest BCUT2D eigenvalue weighted by atomic mass is 9.92. The van der Waals surface area contributed by atoms with Gasteiger partial charge in [-0.1, -0.05) is 57.5 Å². The summed E-state index contributed by atoms with van der Waals surface area (Å²) in [4.78, 5) is 46.2. The molecule has 3 N–H and O–H groups in total. The van der Waals surface area contributed by atoms with Crippen LogP contribution >= 0.6 is 11.6 Å². The molecular weight excluding hydrogens is 504 g/mol. The lowest BCUT2D eigenvalue weighted by molar-refractivity contribution is -0.862. The van der Waals surface area contributed by atoms with E-state index < -0.39 is 11.5 Å². The number of rotatable bonds is 9. The quantitative estimate of drug-likeness (QED) is 0.215. The molecule has 0 aliphatic heterocycles. The van der Waals surface area contributed by atoms with Crippen molar-refractivity contribution < 1.29 is 14.1 Å². The fraction of sp³-hybridized carbons (Fsp3) is 0.393. The molecule has 2 aromatic carbocycles. The molecular formula is C28H36ClN6O3+. The summed E-state index contributed by atoms with van der Waals surface area (Å²) in [5.74, 6) is -0.567. The zero-order chi connectivity index (χ0) is 28.2. The Balaban J connectivity index is 2.02. The first kappa shape index (κ1) is 29.0. The fourth-order valence-electron chi connectivity index (χ4n) is 4.02. The summed E-state index contributed by atoms with van der Waals surface area (Å²) >= 11 is 6.04. The number of hydrazone groups is 1. The normalized spacial score (nSPS) is 12.3. The van der Waals surface area contributed by atoms with Gasteiger partial charge in [-0.05, 0) is 41.2 Å². The van der Waals surface area contributed by atoms with Crippen LogP contribution in [-0.2, 0) is 16.0 Å². The van der Waals surface area contributed by atoms with Gasteiger partial charge in [-0.25, -0.2) is 10.4 Å². The maximum Gasteiger partial charge on any atom is 0.295 e. The lowest BCUT2D eigenvalue weighted by Gasteiger charge is -2.22. The molecule has 0 bridgehead atoms. The predicted molar refractivity (Wildman–Crippen MR) is 153 cm³/mol. The number of hydrogen-bond acceptors (Lipinski definition) is 5. The Morgan fingerprint density at radius 2 is 1.68 bits per heavy atom. The van der Waals surface area contributed by atoms with Crippen molar-refractivity contribution in [2.24, 2.45) is 5.10 Å². The molecule has 0 aliphatic carbocycles. The Bertz CT molecular complexity index is 1410. The number of nitrogens with zero attached hydrogens (tertiary/aromatic N) is 3. The van der Waals surface area contributed by atoms with Crippen molar-refractivity contribution in [2.75, 3.05) is 33.0 Å². The topological polar surface area (TPSA) is 116 Å². The molecule has 38 heavy (non-hydrogen) atoms. The summed E-state index contributed by atoms with van der Waals surface area (Å²) in [6.07, 6.45) is -0.189. The lowest BCUT2D eigenvalue weighted by Crippen LogP contribution is -2.43. The van der Waals surface area contributed by atoms with Gasteiger partial charge in [-0.2, -0.15) is 5.10 Å². The number of benzene rings is 2. The first-order chi connectivity index (χ1) is 17.7. The highest BCUT2D eigenvalue weighted by Gasteiger charge is 2.22. The Labute approximate surface area is 227 Å². The smallest absolute Gasteiger partial charge is 0.295 e. The number of H-pyrrole nitrogens is 1. The number of nitrogens with one attached hydrogen (secondary N) is 3. The molecule has 10 heteroatoms. The van der Waals surface area contributed by atoms with E-state index in [1.807, 2.05) is 39.3 Å². The highest BCUT2D eigenvalue weighted by molar-refractivity contribution is 6.43. The van der Waals surface area contributed by atoms with E-state index in [4.69, 9.17) is 11.6 Å². The van der Waals surface area contributed by atoms with Gasteiger partial charge in [0.2, 0.25) is 0 Å². The molecule has 1 heterocycles. The Morgan fingerprint density at radius 1 is 1.05 bits per heavy atom. The van der Waals surface area contributed by atoms with Crippen LogP contribution in [0.5, 0.6) is 0 Å². The van der Waals surface area contributed by atoms with E-state index in [1.165, 1.54) is 0 Å². The highest BCUT2D eigenvalue weighted by Crippen LogP contribution is 2.32. The molecule has 0 saturated heterocycles. The van der Waals surface area contributed by atoms with Crippen LogP contribution < -0.4 is 16.3 Å². The molecule has 3 rings (SSSR count). The Morgan fingerprint density at radius 3 is 2.26 bits per heavy atom. The molecule has 0 spiro atoms. The molecule has 0 aliphatic rings. The van der Waals surface area contributed by atoms with E-state index in [1.54, 1.807) is 18.2 Å². The molecule has 1 aromatic heterocycles. The maximum absolute atomic E-state index is 13.6. The summed E-state index contributed by atoms with van der Waals surface area (Å²) in [5.41, 5.74) is 5.74. The van der Waals surface area contributed by atoms with Crippen LogP contribution in [0, 0.1) is 0 Å². The van der Waals surface area contributed by atoms with Gasteiger partial charge in [0.1, 0.15) is 11.4 Å². The van der Waals surface area contributed by atoms with Crippen LogP contribution in [0.2, 0.25) is 5.02 Å². The van der Waals surface area contributed by atoms with E-state index in [9.17, 15) is 14.4 Å². The highest BCUT2D eigenvalue weighted by atomic mass is 35.5. The largest absolute Gasteiger partial charge is 0.323 e. The third kappa shape index (κ3) is 7.49. The number of anilines is 1. The van der Waals surface area contributed by atoms with Crippen LogP contribution in [0.1, 0.15) is 56.4 Å². The summed E-state index contributed by atoms with van der Waals surface area (Å²) in [7, 11) is 5.62. The number of aromatic nitrogens is 2. The third-order valence-electron chi connectivity index (χ3n) is 5.87. The van der Waals surface area contributed by atoms with Gasteiger partial charge in [0.15, 0.2) is 6.54 Å². The number of amides is 2. The second-order valence-corrected chi connectivity index (χ2v) is 11.4. The minimum absolute atomic E-state index is 0.0423. The minimum Gasteiger partial charge on any atom is -0.323 e. The average Bonchev–Trinajstić information content (AvgIpc) is 2.80. The van der Waals surface area contributed by atoms with Crippen LogP contribution in [-0.4, -0.2) is 59.7 Å². The number of halogens is 1. The van der Waals surface area contributed by atoms with Gasteiger partial charge < -0.3 is 14.8 Å². The summed E-state index contributed by atoms with van der Waals surface area (Å²) < 4.78 is 0.386. The van der Waals surface area contributed by atoms with Crippen molar-refractivity contribution in [3.8, 4) is 0 Å². The monoisotopic (exact) mass is 539 g/mol. The Hall–Kier alpha value is -3.56. The minimum atomic E-state index is -0.525. The summed E-state index contributed by atoms with van der Waals surface area (Å²) in [6, 6.07) is 10.9. The van der Waals surface area contributed by atoms with E-state index in [-0.39, 0.29) is 42.1 Å². The predicted octanol–water partition coefficient (Wildman–Crippen LogP) is 4.18. The van der Waals surface area contributed by atoms with Crippen LogP contribution in [0.3, 0.4) is 0 Å². The van der Waals surface area contributed by atoms with E-state index >= 15 is 0 Å². The van der Waals surface area contributed by atoms with Crippen LogP contribution in [0.4, 0.5) is 5.69 Å². The third-order valence-corrected chi connectivity index (χ3v) is 6.10. The fourth-order valence-corrected chi connectivity index (χ4v) is 4.19. The van der Waals surface area contributed by atoms with Crippen molar-refractivity contribution >= 4 is 45.8 Å². The number of hydrogen-bond donors (Lipinski definition) is 3. The molecule has 0 atom stereocenters. The first-order valence-electron chi connectivity index (χ1n) is 12.5. The zero-order valence-electron chi connectivity index (χ0n) is 23.0.